The molecule has 2 N–H and O–H groups in total. The SMILES string of the molecule is C#Cc1cccc2cc(O)cc(-c3nc(OC)c4c(N5CCNCC5)nc(OCC56CCCN5C[C@H](F)C6)nc4c3F)c12. The van der Waals surface area contributed by atoms with E-state index in [2.05, 4.69) is 26.1 Å². The summed E-state index contributed by atoms with van der Waals surface area (Å²) < 4.78 is 43.2. The first-order valence-electron chi connectivity index (χ1n) is 14.6. The van der Waals surface area contributed by atoms with Crippen molar-refractivity contribution in [3.63, 3.8) is 0 Å². The Kier molecular flexibility index (Phi) is 6.91. The van der Waals surface area contributed by atoms with E-state index in [0.717, 1.165) is 32.5 Å². The summed E-state index contributed by atoms with van der Waals surface area (Å²) in [7, 11) is 1.46. The molecule has 9 nitrogen and oxygen atoms in total. The number of piperazine rings is 1. The fourth-order valence-electron chi connectivity index (χ4n) is 6.97. The second kappa shape index (κ2) is 10.8. The lowest BCUT2D eigenvalue weighted by Gasteiger charge is -2.32. The van der Waals surface area contributed by atoms with Crippen LogP contribution in [-0.2, 0) is 0 Å². The number of aromatic hydroxyl groups is 1. The molecule has 3 saturated heterocycles. The Morgan fingerprint density at radius 3 is 2.79 bits per heavy atom. The van der Waals surface area contributed by atoms with Crippen molar-refractivity contribution in [2.75, 3.05) is 57.9 Å². The molecule has 0 radical (unpaired) electrons. The average Bonchev–Trinajstić information content (AvgIpc) is 3.55. The summed E-state index contributed by atoms with van der Waals surface area (Å²) in [6, 6.07) is 8.35. The molecule has 0 saturated carbocycles. The smallest absolute Gasteiger partial charge is 0.319 e. The molecule has 4 aromatic rings. The van der Waals surface area contributed by atoms with Crippen LogP contribution in [0.15, 0.2) is 30.3 Å². The number of phenolic OH excluding ortho intramolecular Hbond substituents is 1. The van der Waals surface area contributed by atoms with Crippen molar-refractivity contribution in [2.45, 2.75) is 31.0 Å². The van der Waals surface area contributed by atoms with Crippen molar-refractivity contribution in [1.29, 1.82) is 0 Å². The molecule has 0 aliphatic carbocycles. The van der Waals surface area contributed by atoms with Gasteiger partial charge in [0.15, 0.2) is 5.82 Å². The second-order valence-corrected chi connectivity index (χ2v) is 11.5. The normalized spacial score (nSPS) is 22.2. The molecule has 0 spiro atoms. The number of hydrogen-bond acceptors (Lipinski definition) is 9. The zero-order chi connectivity index (χ0) is 29.7. The van der Waals surface area contributed by atoms with Crippen molar-refractivity contribution in [3.8, 4) is 41.2 Å². The third-order valence-corrected chi connectivity index (χ3v) is 8.93. The molecule has 11 heteroatoms. The van der Waals surface area contributed by atoms with E-state index in [9.17, 15) is 9.50 Å². The van der Waals surface area contributed by atoms with Crippen LogP contribution in [0.1, 0.15) is 24.8 Å². The van der Waals surface area contributed by atoms with E-state index in [1.165, 1.54) is 13.2 Å². The Bertz CT molecular complexity index is 1770. The highest BCUT2D eigenvalue weighted by atomic mass is 19.1. The lowest BCUT2D eigenvalue weighted by Crippen LogP contribution is -2.44. The molecular weight excluding hydrogens is 554 g/mol. The molecule has 1 unspecified atom stereocenters. The fourth-order valence-corrected chi connectivity index (χ4v) is 6.97. The summed E-state index contributed by atoms with van der Waals surface area (Å²) in [4.78, 5) is 18.1. The first kappa shape index (κ1) is 27.6. The number of phenols is 1. The van der Waals surface area contributed by atoms with Gasteiger partial charge in [-0.15, -0.1) is 6.42 Å². The average molecular weight is 587 g/mol. The van der Waals surface area contributed by atoms with Crippen molar-refractivity contribution in [2.24, 2.45) is 0 Å². The number of rotatable bonds is 6. The Morgan fingerprint density at radius 1 is 1.16 bits per heavy atom. The monoisotopic (exact) mass is 586 g/mol. The number of alkyl halides is 1. The largest absolute Gasteiger partial charge is 0.508 e. The molecule has 5 heterocycles. The quantitative estimate of drug-likeness (QED) is 0.325. The molecule has 2 aromatic heterocycles. The summed E-state index contributed by atoms with van der Waals surface area (Å²) in [5.74, 6) is 2.47. The molecular formula is C32H32F2N6O3. The summed E-state index contributed by atoms with van der Waals surface area (Å²) >= 11 is 0. The van der Waals surface area contributed by atoms with E-state index in [4.69, 9.17) is 20.9 Å². The molecule has 2 atom stereocenters. The second-order valence-electron chi connectivity index (χ2n) is 11.5. The Morgan fingerprint density at radius 2 is 2.00 bits per heavy atom. The fraction of sp³-hybridized carbons (Fsp3) is 0.406. The van der Waals surface area contributed by atoms with E-state index in [0.29, 0.717) is 59.2 Å². The first-order chi connectivity index (χ1) is 20.9. The third-order valence-electron chi connectivity index (χ3n) is 8.93. The number of nitrogens with zero attached hydrogens (tertiary/aromatic N) is 5. The van der Waals surface area contributed by atoms with E-state index < -0.39 is 17.5 Å². The van der Waals surface area contributed by atoms with Crippen LogP contribution in [0.2, 0.25) is 0 Å². The first-order valence-corrected chi connectivity index (χ1v) is 14.6. The highest BCUT2D eigenvalue weighted by molar-refractivity contribution is 6.04. The molecule has 222 valence electrons. The van der Waals surface area contributed by atoms with Gasteiger partial charge in [-0.2, -0.15) is 9.97 Å². The lowest BCUT2D eigenvalue weighted by molar-refractivity contribution is 0.107. The molecule has 43 heavy (non-hydrogen) atoms. The van der Waals surface area contributed by atoms with E-state index in [1.54, 1.807) is 24.3 Å². The molecule has 0 bridgehead atoms. The maximum Gasteiger partial charge on any atom is 0.319 e. The van der Waals surface area contributed by atoms with Crippen LogP contribution in [0.4, 0.5) is 14.6 Å². The minimum absolute atomic E-state index is 0.00718. The molecule has 2 aromatic carbocycles. The molecule has 3 aliphatic rings. The van der Waals surface area contributed by atoms with Gasteiger partial charge in [0, 0.05) is 55.7 Å². The van der Waals surface area contributed by atoms with Gasteiger partial charge in [0.05, 0.1) is 12.6 Å². The standard InChI is InChI=1S/C32H32F2N6O3/c1-3-19-6-4-7-20-14-22(41)15-23(24(19)20)27-26(34)28-25(30(36-27)42-2)29(39-12-9-35-10-13-39)38-31(37-28)43-18-32-8-5-11-40(32)17-21(33)16-32/h1,4,6-7,14-15,21,35,41H,5,8-13,16-18H2,2H3/t21-,32?/m1/s1. The maximum atomic E-state index is 16.8. The number of fused-ring (bicyclic) bond motifs is 3. The van der Waals surface area contributed by atoms with Gasteiger partial charge in [0.25, 0.3) is 0 Å². The van der Waals surface area contributed by atoms with Gasteiger partial charge < -0.3 is 24.8 Å². The van der Waals surface area contributed by atoms with Crippen LogP contribution in [0.25, 0.3) is 32.9 Å². The van der Waals surface area contributed by atoms with Crippen LogP contribution >= 0.6 is 0 Å². The minimum atomic E-state index is -0.904. The number of pyridine rings is 1. The zero-order valence-electron chi connectivity index (χ0n) is 23.9. The van der Waals surface area contributed by atoms with Gasteiger partial charge in [0.1, 0.15) is 40.9 Å². The molecule has 7 rings (SSSR count). The highest BCUT2D eigenvalue weighted by Crippen LogP contribution is 2.43. The predicted molar refractivity (Wildman–Crippen MR) is 160 cm³/mol. The summed E-state index contributed by atoms with van der Waals surface area (Å²) in [5, 5.41) is 15.4. The lowest BCUT2D eigenvalue weighted by atomic mass is 9.95. The van der Waals surface area contributed by atoms with Gasteiger partial charge in [-0.25, -0.2) is 13.8 Å². The minimum Gasteiger partial charge on any atom is -0.508 e. The number of hydrogen-bond donors (Lipinski definition) is 2. The van der Waals surface area contributed by atoms with Crippen LogP contribution in [-0.4, -0.2) is 89.7 Å². The third kappa shape index (κ3) is 4.65. The van der Waals surface area contributed by atoms with Gasteiger partial charge in [0.2, 0.25) is 5.88 Å². The number of benzene rings is 2. The van der Waals surface area contributed by atoms with Crippen molar-refractivity contribution in [3.05, 3.63) is 41.7 Å². The van der Waals surface area contributed by atoms with E-state index in [-0.39, 0.29) is 35.5 Å². The summed E-state index contributed by atoms with van der Waals surface area (Å²) in [6.45, 7) is 4.12. The van der Waals surface area contributed by atoms with Gasteiger partial charge in [-0.05, 0) is 43.0 Å². The number of halogens is 2. The van der Waals surface area contributed by atoms with Crippen molar-refractivity contribution in [1.82, 2.24) is 25.2 Å². The number of terminal acetylenes is 1. The molecule has 3 aliphatic heterocycles. The Hall–Kier alpha value is -4.27. The van der Waals surface area contributed by atoms with Gasteiger partial charge in [-0.1, -0.05) is 18.1 Å². The number of ether oxygens (including phenoxy) is 2. The van der Waals surface area contributed by atoms with Crippen molar-refractivity contribution >= 4 is 27.5 Å². The van der Waals surface area contributed by atoms with Crippen LogP contribution in [0.3, 0.4) is 0 Å². The maximum absolute atomic E-state index is 16.8. The van der Waals surface area contributed by atoms with Crippen LogP contribution in [0, 0.1) is 18.2 Å². The predicted octanol–water partition coefficient (Wildman–Crippen LogP) is 4.04. The van der Waals surface area contributed by atoms with Crippen molar-refractivity contribution < 1.29 is 23.4 Å². The Labute approximate surface area is 247 Å². The van der Waals surface area contributed by atoms with E-state index in [1.807, 2.05) is 4.90 Å². The summed E-state index contributed by atoms with van der Waals surface area (Å²) in [5.41, 5.74) is 0.334. The molecule has 3 fully saturated rings. The molecule has 0 amide bonds. The Balaban J connectivity index is 1.42. The topological polar surface area (TPSA) is 95.9 Å². The number of methoxy groups -OCH3 is 1. The number of aromatic nitrogens is 3. The van der Waals surface area contributed by atoms with Crippen LogP contribution < -0.4 is 19.7 Å². The zero-order valence-corrected chi connectivity index (χ0v) is 23.9. The van der Waals surface area contributed by atoms with Gasteiger partial charge in [-0.3, -0.25) is 4.90 Å². The summed E-state index contributed by atoms with van der Waals surface area (Å²) in [6.07, 6.45) is 7.09. The van der Waals surface area contributed by atoms with E-state index >= 15 is 4.39 Å². The van der Waals surface area contributed by atoms with Gasteiger partial charge >= 0.3 is 6.01 Å². The number of nitrogens with one attached hydrogen (secondary N) is 1. The number of anilines is 1. The van der Waals surface area contributed by atoms with Crippen LogP contribution in [0.5, 0.6) is 17.6 Å². The highest BCUT2D eigenvalue weighted by Gasteiger charge is 2.49.